The van der Waals surface area contributed by atoms with Crippen molar-refractivity contribution < 1.29 is 0 Å². The van der Waals surface area contributed by atoms with E-state index >= 15 is 0 Å². The fourth-order valence-electron chi connectivity index (χ4n) is 1.33. The Morgan fingerprint density at radius 2 is 1.94 bits per heavy atom. The van der Waals surface area contributed by atoms with Crippen LogP contribution >= 0.6 is 34.9 Å². The minimum atomic E-state index is 0.734. The maximum atomic E-state index is 9.00. The largest absolute Gasteiger partial charge is 0.192 e. The van der Waals surface area contributed by atoms with Crippen LogP contribution in [-0.2, 0) is 5.75 Å². The minimum Gasteiger partial charge on any atom is -0.192 e. The first-order chi connectivity index (χ1) is 8.83. The van der Waals surface area contributed by atoms with Crippen LogP contribution in [0.15, 0.2) is 32.9 Å². The predicted octanol–water partition coefficient (Wildman–Crippen LogP) is 3.81. The molecule has 2 rings (SSSR count). The molecule has 0 unspecified atom stereocenters. The van der Waals surface area contributed by atoms with Crippen LogP contribution in [0, 0.1) is 11.3 Å². The van der Waals surface area contributed by atoms with E-state index in [1.54, 1.807) is 34.9 Å². The lowest BCUT2D eigenvalue weighted by Crippen LogP contribution is -1.86. The highest BCUT2D eigenvalue weighted by Crippen LogP contribution is 2.30. The molecular weight excluding hydrogens is 282 g/mol. The van der Waals surface area contributed by atoms with Crippen molar-refractivity contribution in [1.29, 1.82) is 5.26 Å². The third-order valence-electron chi connectivity index (χ3n) is 2.14. The Bertz CT molecular complexity index is 560. The molecule has 0 radical (unpaired) electrons. The first-order valence-electron chi connectivity index (χ1n) is 5.40. The summed E-state index contributed by atoms with van der Waals surface area (Å²) in [5, 5.41) is 17.2. The number of benzene rings is 1. The molecule has 6 heteroatoms. The standard InChI is InChI=1S/C12H11N3S3/c1-2-16-11-14-15-12(18-11)17-8-10-6-4-3-5-9(10)7-13/h3-6H,2,8H2,1H3. The molecule has 0 saturated heterocycles. The molecule has 92 valence electrons. The van der Waals surface area contributed by atoms with Gasteiger partial charge < -0.3 is 0 Å². The Balaban J connectivity index is 2.00. The maximum absolute atomic E-state index is 9.00. The van der Waals surface area contributed by atoms with Gasteiger partial charge in [0.1, 0.15) is 0 Å². The normalized spacial score (nSPS) is 10.2. The van der Waals surface area contributed by atoms with Gasteiger partial charge in [-0.3, -0.25) is 0 Å². The van der Waals surface area contributed by atoms with Crippen LogP contribution in [0.2, 0.25) is 0 Å². The summed E-state index contributed by atoms with van der Waals surface area (Å²) in [5.41, 5.74) is 1.78. The van der Waals surface area contributed by atoms with Gasteiger partial charge in [0.05, 0.1) is 11.6 Å². The summed E-state index contributed by atoms with van der Waals surface area (Å²) < 4.78 is 1.97. The summed E-state index contributed by atoms with van der Waals surface area (Å²) in [6.07, 6.45) is 0. The topological polar surface area (TPSA) is 49.6 Å². The molecule has 1 aromatic carbocycles. The first-order valence-corrected chi connectivity index (χ1v) is 8.19. The van der Waals surface area contributed by atoms with Crippen LogP contribution in [0.5, 0.6) is 0 Å². The number of nitrogens with zero attached hydrogens (tertiary/aromatic N) is 3. The molecule has 18 heavy (non-hydrogen) atoms. The lowest BCUT2D eigenvalue weighted by molar-refractivity contribution is 0.954. The van der Waals surface area contributed by atoms with Gasteiger partial charge in [-0.2, -0.15) is 5.26 Å². The number of nitriles is 1. The third-order valence-corrected chi connectivity index (χ3v) is 5.27. The average Bonchev–Trinajstić information content (AvgIpc) is 2.85. The molecule has 3 nitrogen and oxygen atoms in total. The zero-order valence-electron chi connectivity index (χ0n) is 9.79. The Morgan fingerprint density at radius 3 is 2.67 bits per heavy atom. The summed E-state index contributed by atoms with van der Waals surface area (Å²) in [5.74, 6) is 1.77. The van der Waals surface area contributed by atoms with Gasteiger partial charge >= 0.3 is 0 Å². The van der Waals surface area contributed by atoms with Gasteiger partial charge in [-0.05, 0) is 17.4 Å². The van der Waals surface area contributed by atoms with E-state index in [1.807, 2.05) is 24.3 Å². The summed E-state index contributed by atoms with van der Waals surface area (Å²) in [4.78, 5) is 0. The van der Waals surface area contributed by atoms with Gasteiger partial charge in [0.25, 0.3) is 0 Å². The minimum absolute atomic E-state index is 0.734. The van der Waals surface area contributed by atoms with E-state index < -0.39 is 0 Å². The highest BCUT2D eigenvalue weighted by atomic mass is 32.2. The molecule has 0 aliphatic rings. The van der Waals surface area contributed by atoms with Crippen molar-refractivity contribution in [1.82, 2.24) is 10.2 Å². The van der Waals surface area contributed by atoms with E-state index in [0.717, 1.165) is 31.3 Å². The molecule has 0 bridgehead atoms. The highest BCUT2D eigenvalue weighted by Gasteiger charge is 2.06. The Hall–Kier alpha value is -1.03. The SMILES string of the molecule is CCSc1nnc(SCc2ccccc2C#N)s1. The zero-order valence-corrected chi connectivity index (χ0v) is 12.2. The molecule has 1 heterocycles. The zero-order chi connectivity index (χ0) is 12.8. The monoisotopic (exact) mass is 293 g/mol. The summed E-state index contributed by atoms with van der Waals surface area (Å²) in [7, 11) is 0. The van der Waals surface area contributed by atoms with Gasteiger partial charge in [-0.15, -0.1) is 10.2 Å². The van der Waals surface area contributed by atoms with Crippen molar-refractivity contribution in [3.8, 4) is 6.07 Å². The summed E-state index contributed by atoms with van der Waals surface area (Å²) in [6, 6.07) is 9.87. The maximum Gasteiger partial charge on any atom is 0.175 e. The summed E-state index contributed by atoms with van der Waals surface area (Å²) >= 11 is 4.95. The van der Waals surface area contributed by atoms with Crippen molar-refractivity contribution >= 4 is 34.9 Å². The molecule has 1 aromatic heterocycles. The smallest absolute Gasteiger partial charge is 0.175 e. The summed E-state index contributed by atoms with van der Waals surface area (Å²) in [6.45, 7) is 2.10. The van der Waals surface area contributed by atoms with Crippen LogP contribution in [0.4, 0.5) is 0 Å². The Labute approximate surface area is 119 Å². The quantitative estimate of drug-likeness (QED) is 0.784. The van der Waals surface area contributed by atoms with Crippen LogP contribution in [0.25, 0.3) is 0 Å². The number of hydrogen-bond donors (Lipinski definition) is 0. The van der Waals surface area contributed by atoms with Gasteiger partial charge in [-0.1, -0.05) is 60.0 Å². The molecule has 0 amide bonds. The Kier molecular flexibility index (Phi) is 5.05. The molecule has 0 fully saturated rings. The van der Waals surface area contributed by atoms with E-state index in [4.69, 9.17) is 5.26 Å². The number of hydrogen-bond acceptors (Lipinski definition) is 6. The van der Waals surface area contributed by atoms with E-state index in [-0.39, 0.29) is 0 Å². The van der Waals surface area contributed by atoms with Crippen LogP contribution in [0.1, 0.15) is 18.1 Å². The second-order valence-corrected chi connectivity index (χ2v) is 7.04. The second-order valence-electron chi connectivity index (χ2n) is 3.32. The molecule has 0 aliphatic heterocycles. The number of thioether (sulfide) groups is 2. The van der Waals surface area contributed by atoms with Crippen LogP contribution in [0.3, 0.4) is 0 Å². The van der Waals surface area contributed by atoms with Crippen LogP contribution < -0.4 is 0 Å². The molecule has 0 N–H and O–H groups in total. The van der Waals surface area contributed by atoms with Gasteiger partial charge in [-0.25, -0.2) is 0 Å². The molecule has 0 spiro atoms. The molecule has 2 aromatic rings. The van der Waals surface area contributed by atoms with E-state index in [2.05, 4.69) is 23.2 Å². The van der Waals surface area contributed by atoms with Crippen molar-refractivity contribution in [3.63, 3.8) is 0 Å². The lowest BCUT2D eigenvalue weighted by atomic mass is 10.1. The second kappa shape index (κ2) is 6.78. The fourth-order valence-corrected chi connectivity index (χ4v) is 4.25. The average molecular weight is 293 g/mol. The third kappa shape index (κ3) is 3.48. The number of rotatable bonds is 5. The van der Waals surface area contributed by atoms with Crippen molar-refractivity contribution in [2.75, 3.05) is 5.75 Å². The van der Waals surface area contributed by atoms with Crippen molar-refractivity contribution in [2.24, 2.45) is 0 Å². The van der Waals surface area contributed by atoms with Gasteiger partial charge in [0, 0.05) is 5.75 Å². The Morgan fingerprint density at radius 1 is 1.22 bits per heavy atom. The van der Waals surface area contributed by atoms with E-state index in [9.17, 15) is 0 Å². The van der Waals surface area contributed by atoms with Crippen LogP contribution in [-0.4, -0.2) is 16.0 Å². The molecule has 0 atom stereocenters. The fraction of sp³-hybridized carbons (Fsp3) is 0.250. The van der Waals surface area contributed by atoms with Gasteiger partial charge in [0.2, 0.25) is 0 Å². The molecule has 0 saturated carbocycles. The van der Waals surface area contributed by atoms with Crippen molar-refractivity contribution in [3.05, 3.63) is 35.4 Å². The van der Waals surface area contributed by atoms with E-state index in [0.29, 0.717) is 0 Å². The van der Waals surface area contributed by atoms with Gasteiger partial charge in [0.15, 0.2) is 8.68 Å². The molecule has 0 aliphatic carbocycles. The molecular formula is C12H11N3S3. The number of aromatic nitrogens is 2. The lowest BCUT2D eigenvalue weighted by Gasteiger charge is -2.00. The first kappa shape index (κ1) is 13.4. The van der Waals surface area contributed by atoms with E-state index in [1.165, 1.54) is 0 Å². The van der Waals surface area contributed by atoms with Crippen molar-refractivity contribution in [2.45, 2.75) is 21.4 Å². The predicted molar refractivity (Wildman–Crippen MR) is 77.0 cm³/mol. The highest BCUT2D eigenvalue weighted by molar-refractivity contribution is 8.02.